The van der Waals surface area contributed by atoms with Crippen LogP contribution in [0.3, 0.4) is 0 Å². The molecule has 0 bridgehead atoms. The first-order valence-corrected chi connectivity index (χ1v) is 8.34. The van der Waals surface area contributed by atoms with E-state index in [9.17, 15) is 0 Å². The van der Waals surface area contributed by atoms with Crippen molar-refractivity contribution in [1.82, 2.24) is 10.3 Å². The second-order valence-electron chi connectivity index (χ2n) is 4.35. The molecule has 2 rings (SSSR count). The highest BCUT2D eigenvalue weighted by atomic mass is 127. The summed E-state index contributed by atoms with van der Waals surface area (Å²) in [6, 6.07) is 9.98. The second kappa shape index (κ2) is 7.95. The van der Waals surface area contributed by atoms with E-state index in [1.807, 2.05) is 30.3 Å². The monoisotopic (exact) mass is 446 g/mol. The highest BCUT2D eigenvalue weighted by molar-refractivity contribution is 14.1. The zero-order valence-electron chi connectivity index (χ0n) is 11.2. The van der Waals surface area contributed by atoms with Gasteiger partial charge in [0, 0.05) is 26.3 Å². The number of hydrogen-bond donors (Lipinski definition) is 1. The van der Waals surface area contributed by atoms with Gasteiger partial charge in [-0.25, -0.2) is 4.98 Å². The van der Waals surface area contributed by atoms with Crippen molar-refractivity contribution >= 4 is 38.5 Å². The summed E-state index contributed by atoms with van der Waals surface area (Å²) in [5.74, 6) is 1.46. The molecule has 0 saturated heterocycles. The van der Waals surface area contributed by atoms with Crippen LogP contribution >= 0.6 is 38.5 Å². The molecule has 0 saturated carbocycles. The minimum atomic E-state index is 0.652. The summed E-state index contributed by atoms with van der Waals surface area (Å²) in [7, 11) is 0. The van der Waals surface area contributed by atoms with E-state index in [0.29, 0.717) is 5.88 Å². The van der Waals surface area contributed by atoms with Crippen molar-refractivity contribution in [3.8, 4) is 11.6 Å². The van der Waals surface area contributed by atoms with Gasteiger partial charge in [0.2, 0.25) is 5.88 Å². The van der Waals surface area contributed by atoms with Gasteiger partial charge in [0.15, 0.2) is 0 Å². The van der Waals surface area contributed by atoms with Crippen LogP contribution in [0.1, 0.15) is 18.9 Å². The largest absolute Gasteiger partial charge is 0.439 e. The lowest BCUT2D eigenvalue weighted by Crippen LogP contribution is -2.14. The van der Waals surface area contributed by atoms with Crippen LogP contribution in [-0.2, 0) is 6.54 Å². The van der Waals surface area contributed by atoms with Crippen LogP contribution in [0.15, 0.2) is 41.0 Å². The predicted molar refractivity (Wildman–Crippen MR) is 93.2 cm³/mol. The molecule has 0 unspecified atom stereocenters. The second-order valence-corrected chi connectivity index (χ2v) is 6.52. The van der Waals surface area contributed by atoms with Crippen molar-refractivity contribution in [3.05, 3.63) is 50.1 Å². The van der Waals surface area contributed by atoms with E-state index in [-0.39, 0.29) is 0 Å². The summed E-state index contributed by atoms with van der Waals surface area (Å²) in [5.41, 5.74) is 1.05. The Kier molecular flexibility index (Phi) is 6.25. The first-order chi connectivity index (χ1) is 9.69. The summed E-state index contributed by atoms with van der Waals surface area (Å²) in [5, 5.41) is 3.37. The van der Waals surface area contributed by atoms with Crippen molar-refractivity contribution in [1.29, 1.82) is 0 Å². The molecule has 0 aliphatic heterocycles. The number of hydrogen-bond acceptors (Lipinski definition) is 3. The molecule has 20 heavy (non-hydrogen) atoms. The van der Waals surface area contributed by atoms with Crippen LogP contribution < -0.4 is 10.1 Å². The van der Waals surface area contributed by atoms with E-state index in [4.69, 9.17) is 4.74 Å². The predicted octanol–water partition coefficient (Wildman–Crippen LogP) is 4.74. The fourth-order valence-electron chi connectivity index (χ4n) is 1.73. The number of halogens is 2. The van der Waals surface area contributed by atoms with E-state index < -0.39 is 0 Å². The molecule has 1 aromatic carbocycles. The Hall–Kier alpha value is -0.660. The lowest BCUT2D eigenvalue weighted by molar-refractivity contribution is 0.452. The molecule has 0 aliphatic carbocycles. The van der Waals surface area contributed by atoms with E-state index in [1.165, 1.54) is 0 Å². The Balaban J connectivity index is 2.17. The van der Waals surface area contributed by atoms with Crippen LogP contribution in [0, 0.1) is 3.57 Å². The first-order valence-electron chi connectivity index (χ1n) is 6.47. The maximum absolute atomic E-state index is 5.90. The number of nitrogens with zero attached hydrogens (tertiary/aromatic N) is 1. The Morgan fingerprint density at radius 3 is 2.95 bits per heavy atom. The first kappa shape index (κ1) is 15.7. The van der Waals surface area contributed by atoms with Crippen molar-refractivity contribution in [2.45, 2.75) is 19.9 Å². The highest BCUT2D eigenvalue weighted by Gasteiger charge is 2.08. The highest BCUT2D eigenvalue weighted by Crippen LogP contribution is 2.26. The molecule has 1 aromatic heterocycles. The van der Waals surface area contributed by atoms with Crippen LogP contribution in [0.25, 0.3) is 0 Å². The Bertz CT molecular complexity index is 578. The molecule has 5 heteroatoms. The van der Waals surface area contributed by atoms with Gasteiger partial charge in [-0.05, 0) is 75.8 Å². The third-order valence-electron chi connectivity index (χ3n) is 2.64. The molecule has 0 amide bonds. The molecule has 0 atom stereocenters. The Morgan fingerprint density at radius 1 is 1.35 bits per heavy atom. The third-order valence-corrected chi connectivity index (χ3v) is 3.75. The van der Waals surface area contributed by atoms with Crippen LogP contribution in [0.2, 0.25) is 0 Å². The standard InChI is InChI=1S/C15H16BrIN2O/c1-2-6-18-9-11-7-12(16)10-19-15(11)20-14-5-3-4-13(17)8-14/h3-5,7-8,10,18H,2,6,9H2,1H3. The molecule has 3 nitrogen and oxygen atoms in total. The molecule has 0 radical (unpaired) electrons. The molecule has 0 spiro atoms. The van der Waals surface area contributed by atoms with Crippen molar-refractivity contribution in [2.75, 3.05) is 6.54 Å². The number of aromatic nitrogens is 1. The van der Waals surface area contributed by atoms with Crippen molar-refractivity contribution in [2.24, 2.45) is 0 Å². The van der Waals surface area contributed by atoms with Crippen LogP contribution in [-0.4, -0.2) is 11.5 Å². The molecule has 0 fully saturated rings. The SMILES string of the molecule is CCCNCc1cc(Br)cnc1Oc1cccc(I)c1. The van der Waals surface area contributed by atoms with E-state index >= 15 is 0 Å². The smallest absolute Gasteiger partial charge is 0.223 e. The van der Waals surface area contributed by atoms with Gasteiger partial charge >= 0.3 is 0 Å². The van der Waals surface area contributed by atoms with Crippen molar-refractivity contribution < 1.29 is 4.74 Å². The summed E-state index contributed by atoms with van der Waals surface area (Å²) >= 11 is 5.72. The molecule has 1 N–H and O–H groups in total. The van der Waals surface area contributed by atoms with Crippen LogP contribution in [0.4, 0.5) is 0 Å². The van der Waals surface area contributed by atoms with E-state index in [1.54, 1.807) is 6.20 Å². The number of nitrogens with one attached hydrogen (secondary N) is 1. The minimum Gasteiger partial charge on any atom is -0.439 e. The van der Waals surface area contributed by atoms with Gasteiger partial charge in [-0.3, -0.25) is 0 Å². The number of ether oxygens (including phenoxy) is 1. The average molecular weight is 447 g/mol. The fourth-order valence-corrected chi connectivity index (χ4v) is 2.62. The fraction of sp³-hybridized carbons (Fsp3) is 0.267. The van der Waals surface area contributed by atoms with Crippen LogP contribution in [0.5, 0.6) is 11.6 Å². The average Bonchev–Trinajstić information content (AvgIpc) is 2.42. The van der Waals surface area contributed by atoms with E-state index in [0.717, 1.165) is 38.9 Å². The molecule has 1 heterocycles. The number of benzene rings is 1. The maximum Gasteiger partial charge on any atom is 0.223 e. The molecule has 0 aliphatic rings. The van der Waals surface area contributed by atoms with Gasteiger partial charge in [0.05, 0.1) is 0 Å². The third kappa shape index (κ3) is 4.71. The maximum atomic E-state index is 5.90. The summed E-state index contributed by atoms with van der Waals surface area (Å²) < 4.78 is 8.00. The van der Waals surface area contributed by atoms with E-state index in [2.05, 4.69) is 55.7 Å². The lowest BCUT2D eigenvalue weighted by atomic mass is 10.2. The number of rotatable bonds is 6. The minimum absolute atomic E-state index is 0.652. The van der Waals surface area contributed by atoms with Gasteiger partial charge in [0.1, 0.15) is 5.75 Å². The number of pyridine rings is 1. The summed E-state index contributed by atoms with van der Waals surface area (Å²) in [6.45, 7) is 3.88. The normalized spacial score (nSPS) is 10.6. The molecular weight excluding hydrogens is 431 g/mol. The van der Waals surface area contributed by atoms with Gasteiger partial charge in [-0.15, -0.1) is 0 Å². The quantitative estimate of drug-likeness (QED) is 0.514. The van der Waals surface area contributed by atoms with Gasteiger partial charge in [-0.1, -0.05) is 13.0 Å². The zero-order chi connectivity index (χ0) is 14.4. The summed E-state index contributed by atoms with van der Waals surface area (Å²) in [4.78, 5) is 4.37. The molecule has 2 aromatic rings. The zero-order valence-corrected chi connectivity index (χ0v) is 14.9. The van der Waals surface area contributed by atoms with Crippen molar-refractivity contribution in [3.63, 3.8) is 0 Å². The molecular formula is C15H16BrIN2O. The Labute approximate surface area is 141 Å². The topological polar surface area (TPSA) is 34.2 Å². The molecule has 106 valence electrons. The Morgan fingerprint density at radius 2 is 2.20 bits per heavy atom. The lowest BCUT2D eigenvalue weighted by Gasteiger charge is -2.11. The van der Waals surface area contributed by atoms with Gasteiger partial charge in [0.25, 0.3) is 0 Å². The summed E-state index contributed by atoms with van der Waals surface area (Å²) in [6.07, 6.45) is 2.86. The van der Waals surface area contributed by atoms with Gasteiger partial charge in [-0.2, -0.15) is 0 Å². The van der Waals surface area contributed by atoms with Gasteiger partial charge < -0.3 is 10.1 Å².